The molecule has 4 rings (SSSR count). The lowest BCUT2D eigenvalue weighted by Crippen LogP contribution is -2.25. The van der Waals surface area contributed by atoms with Crippen LogP contribution in [0.15, 0.2) is 41.3 Å². The van der Waals surface area contributed by atoms with Crippen LogP contribution in [0.3, 0.4) is 0 Å². The van der Waals surface area contributed by atoms with Crippen molar-refractivity contribution in [1.82, 2.24) is 4.31 Å². The van der Waals surface area contributed by atoms with Gasteiger partial charge in [0.25, 0.3) is 0 Å². The Morgan fingerprint density at radius 2 is 1.71 bits per heavy atom. The smallest absolute Gasteiger partial charge is 0.420 e. The quantitative estimate of drug-likeness (QED) is 0.287. The molecule has 0 atom stereocenters. The number of rotatable bonds is 6. The van der Waals surface area contributed by atoms with Crippen LogP contribution in [-0.4, -0.2) is 48.3 Å². The van der Waals surface area contributed by atoms with Crippen LogP contribution in [0.2, 0.25) is 0 Å². The Balaban J connectivity index is 0.000000505. The van der Waals surface area contributed by atoms with Gasteiger partial charge in [-0.15, -0.1) is 0 Å². The SMILES string of the molecule is CCCC(F)(F)F.CN1CCN(c2ccc(F)cc2)c2cc(C(F)(F)F)c(OCC3(C(=O)O)CC3)cc2S1. The summed E-state index contributed by atoms with van der Waals surface area (Å²) in [5, 5.41) is 9.31. The van der Waals surface area contributed by atoms with Crippen LogP contribution >= 0.6 is 11.9 Å². The van der Waals surface area contributed by atoms with Crippen molar-refractivity contribution in [3.05, 3.63) is 47.8 Å². The van der Waals surface area contributed by atoms with Gasteiger partial charge in [-0.05, 0) is 74.7 Å². The second kappa shape index (κ2) is 11.6. The number of ether oxygens (including phenoxy) is 1. The molecule has 2 aromatic carbocycles. The van der Waals surface area contributed by atoms with Crippen LogP contribution in [0.5, 0.6) is 5.75 Å². The van der Waals surface area contributed by atoms with Crippen molar-refractivity contribution < 1.29 is 45.4 Å². The minimum absolute atomic E-state index is 0.184. The van der Waals surface area contributed by atoms with Gasteiger partial charge in [-0.25, -0.2) is 8.70 Å². The summed E-state index contributed by atoms with van der Waals surface area (Å²) in [6.07, 6.45) is -8.36. The molecule has 0 bridgehead atoms. The van der Waals surface area contributed by atoms with E-state index in [2.05, 4.69) is 0 Å². The molecule has 1 N–H and O–H groups in total. The first-order chi connectivity index (χ1) is 17.6. The number of anilines is 2. The molecular formula is C25H27F7N2O3S. The fourth-order valence-electron chi connectivity index (χ4n) is 3.71. The summed E-state index contributed by atoms with van der Waals surface area (Å²) >= 11 is 1.28. The maximum absolute atomic E-state index is 13.9. The van der Waals surface area contributed by atoms with E-state index in [-0.39, 0.29) is 18.8 Å². The highest BCUT2D eigenvalue weighted by Gasteiger charge is 2.51. The van der Waals surface area contributed by atoms with Gasteiger partial charge in [0, 0.05) is 25.2 Å². The summed E-state index contributed by atoms with van der Waals surface area (Å²) in [5.41, 5.74) is -1.17. The molecule has 0 spiro atoms. The van der Waals surface area contributed by atoms with E-state index in [0.29, 0.717) is 42.2 Å². The van der Waals surface area contributed by atoms with Crippen molar-refractivity contribution in [3.8, 4) is 5.75 Å². The number of carbonyl (C=O) groups is 1. The van der Waals surface area contributed by atoms with Gasteiger partial charge in [-0.1, -0.05) is 6.92 Å². The second-order valence-corrected chi connectivity index (χ2v) is 10.4. The number of carboxylic acids is 1. The van der Waals surface area contributed by atoms with Gasteiger partial charge in [0.15, 0.2) is 0 Å². The number of hydrogen-bond donors (Lipinski definition) is 1. The molecule has 1 fully saturated rings. The first-order valence-electron chi connectivity index (χ1n) is 11.8. The van der Waals surface area contributed by atoms with E-state index in [9.17, 15) is 40.6 Å². The Labute approximate surface area is 219 Å². The summed E-state index contributed by atoms with van der Waals surface area (Å²) < 4.78 is 95.6. The molecule has 0 saturated heterocycles. The molecule has 1 saturated carbocycles. The van der Waals surface area contributed by atoms with E-state index in [1.54, 1.807) is 4.90 Å². The standard InChI is InChI=1S/C21H20F4N2O3S.C4H7F3/c1-26-8-9-27(14-4-2-13(22)3-5-14)16-10-15(21(23,24)25)17(11-18(16)31-26)30-12-20(6-7-20)19(28)29;1-2-3-4(5,6)7/h2-5,10-11H,6-9,12H2,1H3,(H,28,29);2-3H2,1H3. The highest BCUT2D eigenvalue weighted by molar-refractivity contribution is 7.97. The predicted molar refractivity (Wildman–Crippen MR) is 129 cm³/mol. The van der Waals surface area contributed by atoms with E-state index in [1.165, 1.54) is 49.2 Å². The van der Waals surface area contributed by atoms with Gasteiger partial charge in [-0.2, -0.15) is 26.3 Å². The number of halogens is 7. The fourth-order valence-corrected chi connectivity index (χ4v) is 4.64. The molecule has 2 aliphatic rings. The number of fused-ring (bicyclic) bond motifs is 1. The minimum atomic E-state index is -4.69. The normalized spacial score (nSPS) is 17.1. The summed E-state index contributed by atoms with van der Waals surface area (Å²) in [6.45, 7) is 2.15. The maximum atomic E-state index is 13.9. The molecule has 0 aromatic heterocycles. The molecular weight excluding hydrogens is 541 g/mol. The second-order valence-electron chi connectivity index (χ2n) is 9.12. The third-order valence-electron chi connectivity index (χ3n) is 6.03. The molecule has 0 amide bonds. The lowest BCUT2D eigenvalue weighted by atomic mass is 10.1. The molecule has 1 heterocycles. The average molecular weight is 569 g/mol. The van der Waals surface area contributed by atoms with Gasteiger partial charge in [0.1, 0.15) is 23.6 Å². The highest BCUT2D eigenvalue weighted by atomic mass is 32.2. The van der Waals surface area contributed by atoms with Gasteiger partial charge in [0.05, 0.1) is 16.1 Å². The Morgan fingerprint density at radius 1 is 1.08 bits per heavy atom. The first-order valence-corrected chi connectivity index (χ1v) is 12.5. The van der Waals surface area contributed by atoms with E-state index in [1.807, 2.05) is 11.4 Å². The van der Waals surface area contributed by atoms with Crippen LogP contribution in [0.1, 0.15) is 38.2 Å². The van der Waals surface area contributed by atoms with Crippen LogP contribution in [0.4, 0.5) is 42.1 Å². The average Bonchev–Trinajstić information content (AvgIpc) is 3.61. The lowest BCUT2D eigenvalue weighted by Gasteiger charge is -2.26. The summed E-state index contributed by atoms with van der Waals surface area (Å²) in [7, 11) is 1.82. The van der Waals surface area contributed by atoms with E-state index >= 15 is 0 Å². The monoisotopic (exact) mass is 568 g/mol. The van der Waals surface area contributed by atoms with E-state index in [4.69, 9.17) is 4.74 Å². The van der Waals surface area contributed by atoms with Gasteiger partial charge < -0.3 is 14.7 Å². The molecule has 5 nitrogen and oxygen atoms in total. The van der Waals surface area contributed by atoms with Gasteiger partial charge in [-0.3, -0.25) is 4.79 Å². The van der Waals surface area contributed by atoms with Crippen LogP contribution < -0.4 is 9.64 Å². The molecule has 1 aliphatic carbocycles. The first kappa shape index (κ1) is 29.9. The Hall–Kier alpha value is -2.67. The number of nitrogens with zero attached hydrogens (tertiary/aromatic N) is 2. The third-order valence-corrected chi connectivity index (χ3v) is 7.05. The molecule has 2 aromatic rings. The topological polar surface area (TPSA) is 53.0 Å². The Kier molecular flexibility index (Phi) is 9.12. The fraction of sp³-hybridized carbons (Fsp3) is 0.480. The molecule has 0 unspecified atom stereocenters. The lowest BCUT2D eigenvalue weighted by molar-refractivity contribution is -0.145. The summed E-state index contributed by atoms with van der Waals surface area (Å²) in [4.78, 5) is 13.6. The number of benzene rings is 2. The summed E-state index contributed by atoms with van der Waals surface area (Å²) in [6, 6.07) is 7.92. The third kappa shape index (κ3) is 7.68. The van der Waals surface area contributed by atoms with Crippen molar-refractivity contribution in [2.45, 2.75) is 49.9 Å². The Morgan fingerprint density at radius 3 is 2.18 bits per heavy atom. The van der Waals surface area contributed by atoms with Crippen molar-refractivity contribution in [3.63, 3.8) is 0 Å². The van der Waals surface area contributed by atoms with Crippen molar-refractivity contribution in [2.24, 2.45) is 5.41 Å². The molecule has 1 aliphatic heterocycles. The van der Waals surface area contributed by atoms with Crippen LogP contribution in [-0.2, 0) is 11.0 Å². The molecule has 210 valence electrons. The molecule has 13 heteroatoms. The van der Waals surface area contributed by atoms with E-state index < -0.39 is 41.5 Å². The van der Waals surface area contributed by atoms with E-state index in [0.717, 1.165) is 6.07 Å². The minimum Gasteiger partial charge on any atom is -0.492 e. The molecule has 38 heavy (non-hydrogen) atoms. The largest absolute Gasteiger partial charge is 0.492 e. The maximum Gasteiger partial charge on any atom is 0.420 e. The number of alkyl halides is 6. The van der Waals surface area contributed by atoms with Crippen molar-refractivity contribution >= 4 is 29.3 Å². The number of aliphatic carboxylic acids is 1. The highest BCUT2D eigenvalue weighted by Crippen LogP contribution is 2.49. The van der Waals surface area contributed by atoms with Crippen molar-refractivity contribution in [2.75, 3.05) is 31.6 Å². The Bertz CT molecular complexity index is 1120. The zero-order valence-corrected chi connectivity index (χ0v) is 21.4. The zero-order valence-electron chi connectivity index (χ0n) is 20.6. The van der Waals surface area contributed by atoms with Crippen molar-refractivity contribution in [1.29, 1.82) is 0 Å². The molecule has 0 radical (unpaired) electrons. The van der Waals surface area contributed by atoms with Crippen LogP contribution in [0.25, 0.3) is 0 Å². The van der Waals surface area contributed by atoms with Crippen LogP contribution in [0, 0.1) is 11.2 Å². The number of carboxylic acid groups (broad SMARTS) is 1. The predicted octanol–water partition coefficient (Wildman–Crippen LogP) is 7.53. The van der Waals surface area contributed by atoms with Gasteiger partial charge >= 0.3 is 18.3 Å². The number of hydrogen-bond acceptors (Lipinski definition) is 5. The zero-order chi connectivity index (χ0) is 28.3. The number of likely N-dealkylation sites (N-methyl/N-ethyl adjacent to an activating group) is 1. The summed E-state index contributed by atoms with van der Waals surface area (Å²) in [5.74, 6) is -1.88. The van der Waals surface area contributed by atoms with Gasteiger partial charge in [0.2, 0.25) is 0 Å².